The summed E-state index contributed by atoms with van der Waals surface area (Å²) in [5, 5.41) is 6.13. The summed E-state index contributed by atoms with van der Waals surface area (Å²) in [6, 6.07) is 12.5. The molecule has 4 N–H and O–H groups in total. The van der Waals surface area contributed by atoms with Gasteiger partial charge in [-0.05, 0) is 24.3 Å². The van der Waals surface area contributed by atoms with Gasteiger partial charge < -0.3 is 26.0 Å². The SMILES string of the molecule is COc1cc(N2CCN(CCN)CC2)ccc1Nc1ncnc(Nc2ccccc2S(C)(=O)=O)n1. The van der Waals surface area contributed by atoms with Crippen molar-refractivity contribution in [3.05, 3.63) is 48.8 Å². The largest absolute Gasteiger partial charge is 0.494 e. The first-order chi connectivity index (χ1) is 16.9. The Morgan fingerprint density at radius 1 is 1.00 bits per heavy atom. The average Bonchev–Trinajstić information content (AvgIpc) is 2.85. The highest BCUT2D eigenvalue weighted by Gasteiger charge is 2.18. The van der Waals surface area contributed by atoms with Crippen LogP contribution in [0, 0.1) is 0 Å². The zero-order valence-electron chi connectivity index (χ0n) is 19.8. The molecule has 186 valence electrons. The van der Waals surface area contributed by atoms with Gasteiger partial charge >= 0.3 is 0 Å². The van der Waals surface area contributed by atoms with E-state index >= 15 is 0 Å². The zero-order valence-corrected chi connectivity index (χ0v) is 20.6. The molecule has 1 fully saturated rings. The third-order valence-electron chi connectivity index (χ3n) is 5.72. The minimum Gasteiger partial charge on any atom is -0.494 e. The number of hydrogen-bond acceptors (Lipinski definition) is 11. The van der Waals surface area contributed by atoms with E-state index in [-0.39, 0.29) is 10.8 Å². The summed E-state index contributed by atoms with van der Waals surface area (Å²) in [4.78, 5) is 17.5. The monoisotopic (exact) mass is 498 g/mol. The van der Waals surface area contributed by atoms with Gasteiger partial charge in [-0.3, -0.25) is 4.90 Å². The molecule has 0 aliphatic carbocycles. The molecule has 1 aliphatic heterocycles. The first kappa shape index (κ1) is 24.6. The van der Waals surface area contributed by atoms with E-state index in [1.165, 1.54) is 12.4 Å². The number of anilines is 5. The molecule has 1 aliphatic rings. The van der Waals surface area contributed by atoms with Crippen LogP contribution in [0.25, 0.3) is 0 Å². The van der Waals surface area contributed by atoms with Crippen molar-refractivity contribution in [3.63, 3.8) is 0 Å². The number of nitrogens with one attached hydrogen (secondary N) is 2. The Bertz CT molecular complexity index is 1260. The van der Waals surface area contributed by atoms with Gasteiger partial charge in [0, 0.05) is 57.3 Å². The molecule has 0 atom stereocenters. The summed E-state index contributed by atoms with van der Waals surface area (Å²) in [6.45, 7) is 5.39. The number of para-hydroxylation sites is 1. The third kappa shape index (κ3) is 6.15. The van der Waals surface area contributed by atoms with Crippen LogP contribution in [0.2, 0.25) is 0 Å². The van der Waals surface area contributed by atoms with E-state index in [1.54, 1.807) is 25.3 Å². The number of ether oxygens (including phenoxy) is 1. The molecular formula is C23H30N8O3S. The van der Waals surface area contributed by atoms with Crippen molar-refractivity contribution in [2.45, 2.75) is 4.90 Å². The molecule has 1 saturated heterocycles. The summed E-state index contributed by atoms with van der Waals surface area (Å²) in [5.41, 5.74) is 7.84. The van der Waals surface area contributed by atoms with Gasteiger partial charge in [-0.2, -0.15) is 4.98 Å². The molecule has 0 bridgehead atoms. The van der Waals surface area contributed by atoms with Gasteiger partial charge in [0.2, 0.25) is 11.9 Å². The number of benzene rings is 2. The molecule has 2 heterocycles. The van der Waals surface area contributed by atoms with E-state index in [0.717, 1.165) is 44.7 Å². The van der Waals surface area contributed by atoms with Gasteiger partial charge in [0.1, 0.15) is 12.1 Å². The molecule has 0 radical (unpaired) electrons. The standard InChI is InChI=1S/C23H30N8O3S/c1-34-20-15-17(31-13-11-30(10-9-24)12-14-31)7-8-18(20)27-22-25-16-26-23(29-22)28-19-5-3-4-6-21(19)35(2,32)33/h3-8,15-16H,9-14,24H2,1-2H3,(H2,25,26,27,28,29). The zero-order chi connectivity index (χ0) is 24.8. The van der Waals surface area contributed by atoms with Crippen molar-refractivity contribution in [1.82, 2.24) is 19.9 Å². The molecular weight excluding hydrogens is 468 g/mol. The summed E-state index contributed by atoms with van der Waals surface area (Å²) in [5.74, 6) is 1.16. The van der Waals surface area contributed by atoms with Crippen molar-refractivity contribution in [1.29, 1.82) is 0 Å². The quantitative estimate of drug-likeness (QED) is 0.398. The molecule has 4 rings (SSSR count). The second-order valence-electron chi connectivity index (χ2n) is 8.15. The Hall–Kier alpha value is -3.48. The van der Waals surface area contributed by atoms with Crippen LogP contribution in [0.4, 0.5) is 29.0 Å². The highest BCUT2D eigenvalue weighted by Crippen LogP contribution is 2.32. The van der Waals surface area contributed by atoms with Gasteiger partial charge in [-0.25, -0.2) is 18.4 Å². The molecule has 0 spiro atoms. The number of nitrogens with two attached hydrogens (primary N) is 1. The number of sulfone groups is 1. The van der Waals surface area contributed by atoms with Gasteiger partial charge in [-0.1, -0.05) is 12.1 Å². The van der Waals surface area contributed by atoms with Crippen molar-refractivity contribution in [2.75, 3.05) is 68.2 Å². The molecule has 0 unspecified atom stereocenters. The predicted molar refractivity (Wildman–Crippen MR) is 137 cm³/mol. The fraction of sp³-hybridized carbons (Fsp3) is 0.348. The third-order valence-corrected chi connectivity index (χ3v) is 6.87. The molecule has 0 saturated carbocycles. The smallest absolute Gasteiger partial charge is 0.232 e. The first-order valence-electron chi connectivity index (χ1n) is 11.2. The Balaban J connectivity index is 1.49. The first-order valence-corrected chi connectivity index (χ1v) is 13.1. The Labute approximate surface area is 205 Å². The van der Waals surface area contributed by atoms with Crippen LogP contribution in [-0.2, 0) is 9.84 Å². The number of hydrogen-bond donors (Lipinski definition) is 3. The number of rotatable bonds is 9. The fourth-order valence-corrected chi connectivity index (χ4v) is 4.79. The average molecular weight is 499 g/mol. The van der Waals surface area contributed by atoms with Gasteiger partial charge in [0.05, 0.1) is 23.4 Å². The van der Waals surface area contributed by atoms with Gasteiger partial charge in [-0.15, -0.1) is 0 Å². The van der Waals surface area contributed by atoms with Crippen molar-refractivity contribution < 1.29 is 13.2 Å². The number of aromatic nitrogens is 3. The van der Waals surface area contributed by atoms with E-state index in [9.17, 15) is 8.42 Å². The summed E-state index contributed by atoms with van der Waals surface area (Å²) < 4.78 is 29.8. The lowest BCUT2D eigenvalue weighted by Crippen LogP contribution is -2.47. The van der Waals surface area contributed by atoms with Crippen LogP contribution in [0.15, 0.2) is 53.7 Å². The Kier molecular flexibility index (Phi) is 7.63. The number of nitrogens with zero attached hydrogens (tertiary/aromatic N) is 5. The van der Waals surface area contributed by atoms with Crippen molar-refractivity contribution in [3.8, 4) is 5.75 Å². The number of piperazine rings is 1. The highest BCUT2D eigenvalue weighted by molar-refractivity contribution is 7.90. The van der Waals surface area contributed by atoms with Gasteiger partial charge in [0.25, 0.3) is 0 Å². The van der Waals surface area contributed by atoms with Crippen LogP contribution in [0.1, 0.15) is 0 Å². The topological polar surface area (TPSA) is 139 Å². The summed E-state index contributed by atoms with van der Waals surface area (Å²) >= 11 is 0. The van der Waals surface area contributed by atoms with Crippen molar-refractivity contribution >= 4 is 38.8 Å². The summed E-state index contributed by atoms with van der Waals surface area (Å²) in [6.07, 6.45) is 2.51. The van der Waals surface area contributed by atoms with E-state index in [2.05, 4.69) is 35.4 Å². The number of methoxy groups -OCH3 is 1. The van der Waals surface area contributed by atoms with E-state index in [1.807, 2.05) is 18.2 Å². The lowest BCUT2D eigenvalue weighted by molar-refractivity contribution is 0.265. The molecule has 11 nitrogen and oxygen atoms in total. The minimum atomic E-state index is -3.42. The van der Waals surface area contributed by atoms with E-state index in [4.69, 9.17) is 10.5 Å². The van der Waals surface area contributed by atoms with Crippen LogP contribution >= 0.6 is 0 Å². The Morgan fingerprint density at radius 2 is 1.69 bits per heavy atom. The Morgan fingerprint density at radius 3 is 2.34 bits per heavy atom. The van der Waals surface area contributed by atoms with E-state index < -0.39 is 9.84 Å². The maximum atomic E-state index is 12.1. The molecule has 1 aromatic heterocycles. The van der Waals surface area contributed by atoms with Crippen molar-refractivity contribution in [2.24, 2.45) is 5.73 Å². The fourth-order valence-electron chi connectivity index (χ4n) is 3.94. The molecule has 0 amide bonds. The maximum Gasteiger partial charge on any atom is 0.232 e. The van der Waals surface area contributed by atoms with Crippen LogP contribution in [0.3, 0.4) is 0 Å². The maximum absolute atomic E-state index is 12.1. The second-order valence-corrected chi connectivity index (χ2v) is 10.1. The van der Waals surface area contributed by atoms with Crippen LogP contribution in [0.5, 0.6) is 5.75 Å². The van der Waals surface area contributed by atoms with E-state index in [0.29, 0.717) is 29.6 Å². The van der Waals surface area contributed by atoms with Gasteiger partial charge in [0.15, 0.2) is 9.84 Å². The minimum absolute atomic E-state index is 0.163. The highest BCUT2D eigenvalue weighted by atomic mass is 32.2. The molecule has 12 heteroatoms. The van der Waals surface area contributed by atoms with Crippen LogP contribution in [-0.4, -0.2) is 80.9 Å². The normalized spacial score (nSPS) is 14.5. The lowest BCUT2D eigenvalue weighted by atomic mass is 10.2. The molecule has 35 heavy (non-hydrogen) atoms. The molecule has 3 aromatic rings. The molecule has 2 aromatic carbocycles. The summed E-state index contributed by atoms with van der Waals surface area (Å²) in [7, 11) is -1.80. The second kappa shape index (κ2) is 10.8. The lowest BCUT2D eigenvalue weighted by Gasteiger charge is -2.36. The predicted octanol–water partition coefficient (Wildman–Crippen LogP) is 1.85. The van der Waals surface area contributed by atoms with Crippen LogP contribution < -0.4 is 26.0 Å².